The predicted molar refractivity (Wildman–Crippen MR) is 98.1 cm³/mol. The minimum Gasteiger partial charge on any atom is -0.464 e. The summed E-state index contributed by atoms with van der Waals surface area (Å²) in [5.41, 5.74) is 0.603. The van der Waals surface area contributed by atoms with Crippen molar-refractivity contribution in [3.63, 3.8) is 0 Å². The third-order valence-corrected chi connectivity index (χ3v) is 4.52. The van der Waals surface area contributed by atoms with E-state index in [1.165, 1.54) is 4.90 Å². The summed E-state index contributed by atoms with van der Waals surface area (Å²) >= 11 is 0. The number of likely N-dealkylation sites (N-methyl/N-ethyl adjacent to an activating group) is 1. The summed E-state index contributed by atoms with van der Waals surface area (Å²) in [5, 5.41) is 10.6. The highest BCUT2D eigenvalue weighted by Crippen LogP contribution is 2.13. The lowest BCUT2D eigenvalue weighted by Crippen LogP contribution is -2.41. The second-order valence-corrected chi connectivity index (χ2v) is 7.18. The molecule has 0 aliphatic carbocycles. The van der Waals surface area contributed by atoms with Crippen molar-refractivity contribution in [1.82, 2.24) is 30.1 Å². The van der Waals surface area contributed by atoms with Gasteiger partial charge in [-0.2, -0.15) is 0 Å². The number of hydrogen-bond acceptors (Lipinski definition) is 6. The Balaban J connectivity index is 1.58. The topological polar surface area (TPSA) is 114 Å². The molecule has 10 heteroatoms. The van der Waals surface area contributed by atoms with Gasteiger partial charge in [-0.05, 0) is 32.9 Å². The van der Waals surface area contributed by atoms with Gasteiger partial charge in [-0.1, -0.05) is 5.21 Å². The van der Waals surface area contributed by atoms with Crippen molar-refractivity contribution < 1.29 is 18.8 Å². The first-order chi connectivity index (χ1) is 13.2. The fraction of sp³-hybridized carbons (Fsp3) is 0.500. The first kappa shape index (κ1) is 19.6. The molecule has 2 aromatic heterocycles. The number of aryl methyl sites for hydroxylation is 1. The van der Waals surface area contributed by atoms with E-state index in [1.807, 2.05) is 26.8 Å². The predicted octanol–water partition coefficient (Wildman–Crippen LogP) is 0.882. The van der Waals surface area contributed by atoms with Crippen molar-refractivity contribution in [1.29, 1.82) is 0 Å². The number of urea groups is 1. The lowest BCUT2D eigenvalue weighted by atomic mass is 10.1. The van der Waals surface area contributed by atoms with Crippen molar-refractivity contribution >= 4 is 17.8 Å². The van der Waals surface area contributed by atoms with Crippen molar-refractivity contribution in [2.45, 2.75) is 45.8 Å². The number of furan rings is 1. The fourth-order valence-corrected chi connectivity index (χ4v) is 2.88. The molecular weight excluding hydrogens is 364 g/mol. The Bertz CT molecular complexity index is 886. The third-order valence-electron chi connectivity index (χ3n) is 4.52. The second-order valence-electron chi connectivity index (χ2n) is 7.18. The van der Waals surface area contributed by atoms with Gasteiger partial charge in [0, 0.05) is 25.7 Å². The molecule has 1 fully saturated rings. The van der Waals surface area contributed by atoms with Crippen LogP contribution in [0, 0.1) is 6.92 Å². The van der Waals surface area contributed by atoms with E-state index in [0.29, 0.717) is 11.5 Å². The molecule has 1 saturated heterocycles. The van der Waals surface area contributed by atoms with Crippen molar-refractivity contribution in [2.24, 2.45) is 0 Å². The Labute approximate surface area is 162 Å². The smallest absolute Gasteiger partial charge is 0.325 e. The van der Waals surface area contributed by atoms with E-state index in [1.54, 1.807) is 24.0 Å². The maximum atomic E-state index is 12.6. The number of imide groups is 1. The van der Waals surface area contributed by atoms with Crippen LogP contribution in [0.5, 0.6) is 0 Å². The molecule has 0 aromatic carbocycles. The van der Waals surface area contributed by atoms with Gasteiger partial charge < -0.3 is 14.6 Å². The highest BCUT2D eigenvalue weighted by molar-refractivity contribution is 6.06. The molecule has 4 amide bonds. The van der Waals surface area contributed by atoms with E-state index in [2.05, 4.69) is 15.6 Å². The van der Waals surface area contributed by atoms with Crippen molar-refractivity contribution in [3.8, 4) is 0 Å². The van der Waals surface area contributed by atoms with E-state index in [9.17, 15) is 14.4 Å². The summed E-state index contributed by atoms with van der Waals surface area (Å²) in [6.45, 7) is 5.69. The van der Waals surface area contributed by atoms with Crippen molar-refractivity contribution in [3.05, 3.63) is 35.5 Å². The summed E-state index contributed by atoms with van der Waals surface area (Å²) in [7, 11) is 1.60. The van der Waals surface area contributed by atoms with Gasteiger partial charge in [0.1, 0.15) is 24.1 Å². The van der Waals surface area contributed by atoms with Crippen LogP contribution in [0.15, 0.2) is 22.7 Å². The number of rotatable bonds is 7. The third kappa shape index (κ3) is 4.21. The quantitative estimate of drug-likeness (QED) is 0.705. The average molecular weight is 388 g/mol. The molecule has 0 spiro atoms. The highest BCUT2D eigenvalue weighted by atomic mass is 16.3. The van der Waals surface area contributed by atoms with Gasteiger partial charge >= 0.3 is 6.03 Å². The second kappa shape index (κ2) is 7.83. The van der Waals surface area contributed by atoms with Crippen LogP contribution >= 0.6 is 0 Å². The first-order valence-corrected chi connectivity index (χ1v) is 9.06. The number of hydrogen-bond donors (Lipinski definition) is 1. The van der Waals surface area contributed by atoms with Gasteiger partial charge in [-0.3, -0.25) is 14.5 Å². The molecule has 28 heavy (non-hydrogen) atoms. The molecular formula is C18H24N6O4. The van der Waals surface area contributed by atoms with E-state index in [-0.39, 0.29) is 31.5 Å². The zero-order chi connectivity index (χ0) is 20.4. The Morgan fingerprint density at radius 2 is 2.11 bits per heavy atom. The largest absolute Gasteiger partial charge is 0.464 e. The van der Waals surface area contributed by atoms with Crippen molar-refractivity contribution in [2.75, 3.05) is 13.6 Å². The maximum absolute atomic E-state index is 12.6. The number of carbonyl (C=O) groups excluding carboxylic acids is 3. The summed E-state index contributed by atoms with van der Waals surface area (Å²) < 4.78 is 7.13. The molecule has 1 aliphatic heterocycles. The fourth-order valence-electron chi connectivity index (χ4n) is 2.88. The zero-order valence-electron chi connectivity index (χ0n) is 16.4. The van der Waals surface area contributed by atoms with Crippen LogP contribution in [0.4, 0.5) is 4.79 Å². The van der Waals surface area contributed by atoms with E-state index in [4.69, 9.17) is 4.42 Å². The number of amides is 4. The Hall–Kier alpha value is -3.17. The van der Waals surface area contributed by atoms with Crippen LogP contribution in [-0.4, -0.2) is 62.3 Å². The van der Waals surface area contributed by atoms with Crippen LogP contribution in [0.1, 0.15) is 37.1 Å². The summed E-state index contributed by atoms with van der Waals surface area (Å²) in [4.78, 5) is 39.5. The van der Waals surface area contributed by atoms with Crippen LogP contribution < -0.4 is 5.32 Å². The van der Waals surface area contributed by atoms with Gasteiger partial charge in [0.15, 0.2) is 0 Å². The molecule has 3 rings (SSSR count). The minimum absolute atomic E-state index is 0.151. The Morgan fingerprint density at radius 3 is 2.71 bits per heavy atom. The number of aromatic nitrogens is 3. The SMILES string of the molecule is Cc1ccc(CN(C)C(=O)CN2C(=O)N[C@H](Cc3cn(C(C)C)nn3)C2=O)o1. The summed E-state index contributed by atoms with van der Waals surface area (Å²) in [5.74, 6) is 0.586. The number of nitrogens with one attached hydrogen (secondary N) is 1. The van der Waals surface area contributed by atoms with Gasteiger partial charge in [-0.25, -0.2) is 9.48 Å². The molecule has 3 heterocycles. The molecule has 2 aromatic rings. The Morgan fingerprint density at radius 1 is 1.36 bits per heavy atom. The molecule has 0 saturated carbocycles. The lowest BCUT2D eigenvalue weighted by molar-refractivity contribution is -0.137. The van der Waals surface area contributed by atoms with Gasteiger partial charge in [0.25, 0.3) is 5.91 Å². The molecule has 1 atom stereocenters. The summed E-state index contributed by atoms with van der Waals surface area (Å²) in [6, 6.07) is 2.41. The monoisotopic (exact) mass is 388 g/mol. The van der Waals surface area contributed by atoms with E-state index >= 15 is 0 Å². The zero-order valence-corrected chi connectivity index (χ0v) is 16.4. The normalized spacial score (nSPS) is 16.8. The molecule has 1 aliphatic rings. The minimum atomic E-state index is -0.754. The van der Waals surface area contributed by atoms with Crippen LogP contribution in [0.2, 0.25) is 0 Å². The molecule has 1 N–H and O–H groups in total. The van der Waals surface area contributed by atoms with E-state index in [0.717, 1.165) is 10.7 Å². The molecule has 0 radical (unpaired) electrons. The number of carbonyl (C=O) groups is 3. The van der Waals surface area contributed by atoms with Crippen LogP contribution in [0.25, 0.3) is 0 Å². The molecule has 150 valence electrons. The molecule has 0 bridgehead atoms. The Kier molecular flexibility index (Phi) is 5.48. The van der Waals surface area contributed by atoms with Gasteiger partial charge in [-0.15, -0.1) is 5.10 Å². The number of nitrogens with zero attached hydrogens (tertiary/aromatic N) is 5. The molecule has 0 unspecified atom stereocenters. The average Bonchev–Trinajstić information content (AvgIpc) is 3.32. The summed E-state index contributed by atoms with van der Waals surface area (Å²) in [6.07, 6.45) is 1.97. The van der Waals surface area contributed by atoms with Gasteiger partial charge in [0.05, 0.1) is 12.2 Å². The maximum Gasteiger partial charge on any atom is 0.325 e. The standard InChI is InChI=1S/C18H24N6O4/c1-11(2)24-8-13(20-21-24)7-15-17(26)23(18(27)19-15)10-16(25)22(4)9-14-6-5-12(3)28-14/h5-6,8,11,15H,7,9-10H2,1-4H3,(H,19,27)/t15-/m1/s1. The van der Waals surface area contributed by atoms with Crippen LogP contribution in [0.3, 0.4) is 0 Å². The van der Waals surface area contributed by atoms with Crippen LogP contribution in [-0.2, 0) is 22.6 Å². The first-order valence-electron chi connectivity index (χ1n) is 9.06. The molecule has 10 nitrogen and oxygen atoms in total. The van der Waals surface area contributed by atoms with E-state index < -0.39 is 18.0 Å². The van der Waals surface area contributed by atoms with Gasteiger partial charge in [0.2, 0.25) is 5.91 Å². The lowest BCUT2D eigenvalue weighted by Gasteiger charge is -2.19. The highest BCUT2D eigenvalue weighted by Gasteiger charge is 2.39.